The van der Waals surface area contributed by atoms with Gasteiger partial charge in [-0.15, -0.1) is 20.4 Å². The fraction of sp³-hybridized carbons (Fsp3) is 0.233. The van der Waals surface area contributed by atoms with E-state index in [9.17, 15) is 23.6 Å². The van der Waals surface area contributed by atoms with Gasteiger partial charge in [-0.2, -0.15) is 0 Å². The topological polar surface area (TPSA) is 176 Å². The summed E-state index contributed by atoms with van der Waals surface area (Å²) in [6.07, 6.45) is 8.76. The first-order valence-corrected chi connectivity index (χ1v) is 21.4. The molecule has 7 rings (SSSR count). The number of carboxylic acids is 1. The number of fused-ring (bicyclic) bond motifs is 1. The van der Waals surface area contributed by atoms with Crippen molar-refractivity contribution in [1.82, 2.24) is 35.1 Å². The van der Waals surface area contributed by atoms with E-state index in [1.54, 1.807) is 71.8 Å². The summed E-state index contributed by atoms with van der Waals surface area (Å²) in [4.78, 5) is 56.2. The van der Waals surface area contributed by atoms with E-state index in [1.165, 1.54) is 39.7 Å². The van der Waals surface area contributed by atoms with Crippen LogP contribution in [0.25, 0.3) is 26.8 Å². The number of nitrogens with zero attached hydrogens (tertiary/aromatic N) is 8. The minimum Gasteiger partial charge on any atom is -0.481 e. The third-order valence-corrected chi connectivity index (χ3v) is 11.4. The maximum absolute atomic E-state index is 14.1. The molecular weight excluding hydrogens is 841 g/mol. The molecular formula is C43H41ClFN9O5S2. The third-order valence-electron chi connectivity index (χ3n) is 9.12. The molecule has 2 N–H and O–H groups in total. The Morgan fingerprint density at radius 3 is 1.95 bits per heavy atom. The van der Waals surface area contributed by atoms with Gasteiger partial charge in [-0.3, -0.25) is 29.0 Å². The largest absolute Gasteiger partial charge is 0.481 e. The molecule has 18 heteroatoms. The second-order valence-corrected chi connectivity index (χ2v) is 15.8. The molecule has 0 radical (unpaired) electrons. The number of carboxylic acid groups (broad SMARTS) is 1. The number of nitrogens with one attached hydrogen (secondary N) is 1. The molecule has 0 aliphatic heterocycles. The molecule has 14 nitrogen and oxygen atoms in total. The van der Waals surface area contributed by atoms with E-state index in [-0.39, 0.29) is 30.3 Å². The molecule has 3 amide bonds. The normalized spacial score (nSPS) is 10.8. The maximum atomic E-state index is 14.1. The maximum Gasteiger partial charge on any atom is 0.305 e. The quantitative estimate of drug-likeness (QED) is 0.0953. The number of hydrogen-bond acceptors (Lipinski definition) is 11. The number of benzene rings is 3. The first kappa shape index (κ1) is 44.1. The Kier molecular flexibility index (Phi) is 15.3. The van der Waals surface area contributed by atoms with Crippen molar-refractivity contribution in [3.63, 3.8) is 0 Å². The average molecular weight is 882 g/mol. The number of aliphatic carboxylic acids is 1. The number of imidazole rings is 1. The van der Waals surface area contributed by atoms with Crippen LogP contribution in [0.15, 0.2) is 104 Å². The van der Waals surface area contributed by atoms with E-state index in [2.05, 4.69) is 30.7 Å². The van der Waals surface area contributed by atoms with Gasteiger partial charge in [0, 0.05) is 54.9 Å². The number of halogens is 2. The first-order chi connectivity index (χ1) is 29.6. The van der Waals surface area contributed by atoms with Gasteiger partial charge in [-0.05, 0) is 61.4 Å². The summed E-state index contributed by atoms with van der Waals surface area (Å²) < 4.78 is 16.0. The van der Waals surface area contributed by atoms with E-state index >= 15 is 0 Å². The lowest BCUT2D eigenvalue weighted by Gasteiger charge is -2.19. The Morgan fingerprint density at radius 2 is 1.34 bits per heavy atom. The lowest BCUT2D eigenvalue weighted by Crippen LogP contribution is -2.32. The fourth-order valence-electron chi connectivity index (χ4n) is 5.84. The highest BCUT2D eigenvalue weighted by molar-refractivity contribution is 7.19. The summed E-state index contributed by atoms with van der Waals surface area (Å²) in [5, 5.41) is 30.8. The monoisotopic (exact) mass is 881 g/mol. The van der Waals surface area contributed by atoms with Crippen molar-refractivity contribution in [3.05, 3.63) is 131 Å². The van der Waals surface area contributed by atoms with Crippen LogP contribution in [0.2, 0.25) is 5.02 Å². The summed E-state index contributed by atoms with van der Waals surface area (Å²) in [6.45, 7) is 5.09. The molecule has 4 aromatic heterocycles. The molecule has 0 saturated heterocycles. The van der Waals surface area contributed by atoms with Crippen molar-refractivity contribution >= 4 is 73.9 Å². The summed E-state index contributed by atoms with van der Waals surface area (Å²) >= 11 is 8.82. The molecule has 0 saturated carbocycles. The van der Waals surface area contributed by atoms with Crippen LogP contribution in [0, 0.1) is 5.82 Å². The molecule has 0 fully saturated rings. The summed E-state index contributed by atoms with van der Waals surface area (Å²) in [5.41, 5.74) is 3.28. The summed E-state index contributed by atoms with van der Waals surface area (Å²) in [7, 11) is 0. The highest BCUT2D eigenvalue weighted by Gasteiger charge is 2.25. The Balaban J connectivity index is 0.000000206. The average Bonchev–Trinajstić information content (AvgIpc) is 4.07. The van der Waals surface area contributed by atoms with Gasteiger partial charge in [0.15, 0.2) is 0 Å². The Hall–Kier alpha value is -6.43. The molecule has 0 aliphatic rings. The van der Waals surface area contributed by atoms with E-state index in [0.29, 0.717) is 49.5 Å². The van der Waals surface area contributed by atoms with Crippen molar-refractivity contribution in [1.29, 1.82) is 0 Å². The molecule has 7 aromatic rings. The smallest absolute Gasteiger partial charge is 0.305 e. The number of pyridine rings is 1. The number of anilines is 2. The zero-order valence-electron chi connectivity index (χ0n) is 33.2. The van der Waals surface area contributed by atoms with Gasteiger partial charge in [0.25, 0.3) is 17.7 Å². The second kappa shape index (κ2) is 21.2. The van der Waals surface area contributed by atoms with Crippen molar-refractivity contribution in [2.24, 2.45) is 0 Å². The van der Waals surface area contributed by atoms with E-state index in [4.69, 9.17) is 16.7 Å². The number of carbonyl (C=O) groups excluding carboxylic acids is 3. The van der Waals surface area contributed by atoms with Gasteiger partial charge < -0.3 is 14.8 Å². The minimum absolute atomic E-state index is 0.0363. The number of rotatable bonds is 16. The van der Waals surface area contributed by atoms with Crippen LogP contribution in [0.4, 0.5) is 14.7 Å². The molecule has 0 unspecified atom stereocenters. The van der Waals surface area contributed by atoms with E-state index in [0.717, 1.165) is 42.5 Å². The predicted molar refractivity (Wildman–Crippen MR) is 235 cm³/mol. The van der Waals surface area contributed by atoms with Crippen LogP contribution in [-0.4, -0.2) is 78.2 Å². The Labute approximate surface area is 363 Å². The molecule has 0 aliphatic carbocycles. The molecule has 3 aromatic carbocycles. The second-order valence-electron chi connectivity index (χ2n) is 13.4. The van der Waals surface area contributed by atoms with Crippen LogP contribution in [-0.2, 0) is 4.79 Å². The van der Waals surface area contributed by atoms with Gasteiger partial charge in [0.1, 0.15) is 21.5 Å². The van der Waals surface area contributed by atoms with E-state index < -0.39 is 17.7 Å². The van der Waals surface area contributed by atoms with Crippen LogP contribution in [0.1, 0.15) is 77.0 Å². The van der Waals surface area contributed by atoms with Crippen molar-refractivity contribution in [2.75, 3.05) is 29.4 Å². The summed E-state index contributed by atoms with van der Waals surface area (Å²) in [6, 6.07) is 23.5. The zero-order valence-corrected chi connectivity index (χ0v) is 35.6. The Bertz CT molecular complexity index is 2620. The zero-order chi connectivity index (χ0) is 43.3. The van der Waals surface area contributed by atoms with Crippen LogP contribution in [0.5, 0.6) is 0 Å². The van der Waals surface area contributed by atoms with Gasteiger partial charge >= 0.3 is 5.97 Å². The fourth-order valence-corrected chi connectivity index (χ4v) is 7.79. The van der Waals surface area contributed by atoms with Gasteiger partial charge in [-0.1, -0.05) is 97.4 Å². The minimum atomic E-state index is -0.973. The lowest BCUT2D eigenvalue weighted by atomic mass is 10.1. The Morgan fingerprint density at radius 1 is 0.754 bits per heavy atom. The number of aromatic nitrogens is 6. The SMILES string of the molecule is CCCCN(C(=O)c1ccccc1Cl)c1nnc(-c2ccc(C(=O)NCCC(=O)O)cc2)s1.CCCCN(C(=O)c1ccccc1F)c1nnc(-c2ccn3ccnc3c2)s1. The number of hydrogen-bond donors (Lipinski definition) is 2. The van der Waals surface area contributed by atoms with Crippen molar-refractivity contribution < 1.29 is 28.7 Å². The molecule has 0 bridgehead atoms. The number of unbranched alkanes of at least 4 members (excludes halogenated alkanes) is 2. The van der Waals surface area contributed by atoms with Crippen molar-refractivity contribution in [2.45, 2.75) is 46.0 Å². The van der Waals surface area contributed by atoms with Gasteiger partial charge in [-0.25, -0.2) is 9.37 Å². The molecule has 61 heavy (non-hydrogen) atoms. The lowest BCUT2D eigenvalue weighted by molar-refractivity contribution is -0.136. The molecule has 4 heterocycles. The van der Waals surface area contributed by atoms with Crippen molar-refractivity contribution in [3.8, 4) is 21.1 Å². The number of carbonyl (C=O) groups is 4. The summed E-state index contributed by atoms with van der Waals surface area (Å²) in [5.74, 6) is -2.50. The predicted octanol–water partition coefficient (Wildman–Crippen LogP) is 8.95. The number of amides is 3. The first-order valence-electron chi connectivity index (χ1n) is 19.4. The van der Waals surface area contributed by atoms with E-state index in [1.807, 2.05) is 42.8 Å². The van der Waals surface area contributed by atoms with Gasteiger partial charge in [0.2, 0.25) is 10.3 Å². The van der Waals surface area contributed by atoms with Gasteiger partial charge in [0.05, 0.1) is 22.6 Å². The van der Waals surface area contributed by atoms with Crippen LogP contribution in [0.3, 0.4) is 0 Å². The molecule has 0 spiro atoms. The highest BCUT2D eigenvalue weighted by Crippen LogP contribution is 2.32. The molecule has 314 valence electrons. The third kappa shape index (κ3) is 11.2. The van der Waals surface area contributed by atoms with Crippen LogP contribution < -0.4 is 15.1 Å². The standard InChI is InChI=1S/C23H23ClN4O4S.C20H18FN5OS/c1-2-3-14-28(22(32)17-6-4-5-7-18(17)24)23-27-26-21(33-23)16-10-8-15(9-11-16)20(31)25-13-12-19(29)30;1-2-3-10-26(19(27)15-6-4-5-7-16(15)21)20-24-23-18(28-20)14-8-11-25-12-9-22-17(25)13-14/h4-11H,2-3,12-14H2,1H3,(H,25,31)(H,29,30);4-9,11-13H,2-3,10H2,1H3. The highest BCUT2D eigenvalue weighted by atomic mass is 35.5. The molecule has 0 atom stereocenters. The van der Waals surface area contributed by atoms with Crippen LogP contribution >= 0.6 is 34.3 Å².